The van der Waals surface area contributed by atoms with Crippen LogP contribution >= 0.6 is 0 Å². The van der Waals surface area contributed by atoms with E-state index in [1.165, 1.54) is 12.1 Å². The molecule has 1 aromatic carbocycles. The Morgan fingerprint density at radius 3 is 2.53 bits per heavy atom. The molecule has 0 aromatic heterocycles. The summed E-state index contributed by atoms with van der Waals surface area (Å²) in [4.78, 5) is 13.4. The van der Waals surface area contributed by atoms with Gasteiger partial charge in [0.25, 0.3) is 0 Å². The lowest BCUT2D eigenvalue weighted by Crippen LogP contribution is -2.41. The molecule has 0 bridgehead atoms. The Labute approximate surface area is 101 Å². The zero-order valence-electron chi connectivity index (χ0n) is 10.3. The Bertz CT molecular complexity index is 364. The topological polar surface area (TPSA) is 46.3 Å². The van der Waals surface area contributed by atoms with Crippen molar-refractivity contribution >= 4 is 5.91 Å². The Balaban J connectivity index is 2.56. The lowest BCUT2D eigenvalue weighted by Gasteiger charge is -2.21. The zero-order valence-corrected chi connectivity index (χ0v) is 10.3. The molecule has 0 saturated heterocycles. The van der Waals surface area contributed by atoms with Crippen LogP contribution < -0.4 is 5.73 Å². The highest BCUT2D eigenvalue weighted by atomic mass is 19.1. The first kappa shape index (κ1) is 13.6. The second-order valence-corrected chi connectivity index (χ2v) is 4.22. The number of hydrogen-bond acceptors (Lipinski definition) is 2. The molecule has 2 N–H and O–H groups in total. The van der Waals surface area contributed by atoms with Gasteiger partial charge in [0.1, 0.15) is 5.82 Å². The van der Waals surface area contributed by atoms with Crippen LogP contribution in [0.15, 0.2) is 24.3 Å². The minimum atomic E-state index is -0.439. The number of benzene rings is 1. The Morgan fingerprint density at radius 2 is 2.00 bits per heavy atom. The number of carbonyl (C=O) groups excluding carboxylic acids is 1. The van der Waals surface area contributed by atoms with E-state index in [2.05, 4.69) is 0 Å². The van der Waals surface area contributed by atoms with E-state index in [9.17, 15) is 9.18 Å². The van der Waals surface area contributed by atoms with Gasteiger partial charge in [0.05, 0.1) is 6.04 Å². The monoisotopic (exact) mass is 238 g/mol. The van der Waals surface area contributed by atoms with E-state index in [1.807, 2.05) is 6.92 Å². The van der Waals surface area contributed by atoms with Crippen LogP contribution in [0.1, 0.15) is 25.3 Å². The average Bonchev–Trinajstić information content (AvgIpc) is 2.31. The lowest BCUT2D eigenvalue weighted by molar-refractivity contribution is -0.131. The maximum Gasteiger partial charge on any atom is 0.239 e. The van der Waals surface area contributed by atoms with Crippen molar-refractivity contribution in [2.75, 3.05) is 7.05 Å². The van der Waals surface area contributed by atoms with Gasteiger partial charge in [0.2, 0.25) is 5.91 Å². The number of halogens is 1. The number of carbonyl (C=O) groups is 1. The quantitative estimate of drug-likeness (QED) is 0.851. The molecule has 0 aliphatic carbocycles. The van der Waals surface area contributed by atoms with E-state index >= 15 is 0 Å². The molecule has 0 radical (unpaired) electrons. The highest BCUT2D eigenvalue weighted by Crippen LogP contribution is 2.07. The van der Waals surface area contributed by atoms with Gasteiger partial charge in [0.15, 0.2) is 0 Å². The van der Waals surface area contributed by atoms with Crippen LogP contribution in [-0.4, -0.2) is 23.9 Å². The van der Waals surface area contributed by atoms with Crippen molar-refractivity contribution in [3.8, 4) is 0 Å². The second-order valence-electron chi connectivity index (χ2n) is 4.22. The highest BCUT2D eigenvalue weighted by molar-refractivity contribution is 5.81. The van der Waals surface area contributed by atoms with Gasteiger partial charge in [-0.25, -0.2) is 4.39 Å². The molecule has 1 aromatic rings. The van der Waals surface area contributed by atoms with Crippen LogP contribution in [0.25, 0.3) is 0 Å². The molecule has 0 spiro atoms. The molecule has 1 atom stereocenters. The lowest BCUT2D eigenvalue weighted by atomic mass is 10.1. The third-order valence-electron chi connectivity index (χ3n) is 2.63. The van der Waals surface area contributed by atoms with Crippen molar-refractivity contribution in [3.63, 3.8) is 0 Å². The number of hydrogen-bond donors (Lipinski definition) is 1. The van der Waals surface area contributed by atoms with Crippen LogP contribution in [-0.2, 0) is 11.3 Å². The van der Waals surface area contributed by atoms with Crippen molar-refractivity contribution in [2.45, 2.75) is 32.4 Å². The Hall–Kier alpha value is -1.42. The number of rotatable bonds is 5. The first-order valence-electron chi connectivity index (χ1n) is 5.79. The molecule has 3 nitrogen and oxygen atoms in total. The number of amides is 1. The van der Waals surface area contributed by atoms with Gasteiger partial charge in [0, 0.05) is 13.6 Å². The predicted molar refractivity (Wildman–Crippen MR) is 65.8 cm³/mol. The fourth-order valence-corrected chi connectivity index (χ4v) is 1.66. The maximum atomic E-state index is 12.7. The van der Waals surface area contributed by atoms with E-state index in [0.717, 1.165) is 12.0 Å². The standard InChI is InChI=1S/C13H19FN2O/c1-3-4-12(15)13(17)16(2)9-10-5-7-11(14)8-6-10/h5-8,12H,3-4,9,15H2,1-2H3/t12-/m1/s1. The summed E-state index contributed by atoms with van der Waals surface area (Å²) in [6.07, 6.45) is 1.57. The molecule has 0 saturated carbocycles. The number of likely N-dealkylation sites (N-methyl/N-ethyl adjacent to an activating group) is 1. The number of nitrogens with zero attached hydrogens (tertiary/aromatic N) is 1. The van der Waals surface area contributed by atoms with E-state index in [1.54, 1.807) is 24.1 Å². The zero-order chi connectivity index (χ0) is 12.8. The van der Waals surface area contributed by atoms with Crippen LogP contribution in [0.5, 0.6) is 0 Å². The predicted octanol–water partition coefficient (Wildman–Crippen LogP) is 1.91. The first-order chi connectivity index (χ1) is 8.04. The molecule has 4 heteroatoms. The van der Waals surface area contributed by atoms with E-state index in [4.69, 9.17) is 5.73 Å². The van der Waals surface area contributed by atoms with Crippen molar-refractivity contribution in [1.82, 2.24) is 4.90 Å². The average molecular weight is 238 g/mol. The van der Waals surface area contributed by atoms with Gasteiger partial charge in [-0.3, -0.25) is 4.79 Å². The molecule has 0 aliphatic heterocycles. The third kappa shape index (κ3) is 4.15. The smallest absolute Gasteiger partial charge is 0.239 e. The minimum absolute atomic E-state index is 0.0730. The summed E-state index contributed by atoms with van der Waals surface area (Å²) < 4.78 is 12.7. The van der Waals surface area contributed by atoms with Crippen molar-refractivity contribution in [1.29, 1.82) is 0 Å². The SMILES string of the molecule is CCC[C@@H](N)C(=O)N(C)Cc1ccc(F)cc1. The fraction of sp³-hybridized carbons (Fsp3) is 0.462. The van der Waals surface area contributed by atoms with Crippen LogP contribution in [0.3, 0.4) is 0 Å². The van der Waals surface area contributed by atoms with Crippen molar-refractivity contribution < 1.29 is 9.18 Å². The Morgan fingerprint density at radius 1 is 1.41 bits per heavy atom. The molecular formula is C13H19FN2O. The van der Waals surface area contributed by atoms with Crippen LogP contribution in [0.4, 0.5) is 4.39 Å². The summed E-state index contributed by atoms with van der Waals surface area (Å²) in [5.41, 5.74) is 6.65. The minimum Gasteiger partial charge on any atom is -0.340 e. The second kappa shape index (κ2) is 6.35. The molecule has 0 unspecified atom stereocenters. The maximum absolute atomic E-state index is 12.7. The largest absolute Gasteiger partial charge is 0.340 e. The molecule has 1 rings (SSSR count). The number of nitrogens with two attached hydrogens (primary N) is 1. The molecule has 94 valence electrons. The van der Waals surface area contributed by atoms with Crippen LogP contribution in [0, 0.1) is 5.82 Å². The summed E-state index contributed by atoms with van der Waals surface area (Å²) >= 11 is 0. The van der Waals surface area contributed by atoms with E-state index in [-0.39, 0.29) is 11.7 Å². The van der Waals surface area contributed by atoms with Crippen molar-refractivity contribution in [2.24, 2.45) is 5.73 Å². The molecule has 17 heavy (non-hydrogen) atoms. The summed E-state index contributed by atoms with van der Waals surface area (Å²) in [6, 6.07) is 5.68. The molecular weight excluding hydrogens is 219 g/mol. The Kier molecular flexibility index (Phi) is 5.10. The molecule has 0 heterocycles. The van der Waals surface area contributed by atoms with Gasteiger partial charge >= 0.3 is 0 Å². The van der Waals surface area contributed by atoms with Gasteiger partial charge in [-0.2, -0.15) is 0 Å². The van der Waals surface area contributed by atoms with Crippen molar-refractivity contribution in [3.05, 3.63) is 35.6 Å². The summed E-state index contributed by atoms with van der Waals surface area (Å²) in [5.74, 6) is -0.346. The summed E-state index contributed by atoms with van der Waals surface area (Å²) in [5, 5.41) is 0. The van der Waals surface area contributed by atoms with Crippen LogP contribution in [0.2, 0.25) is 0 Å². The van der Waals surface area contributed by atoms with E-state index < -0.39 is 6.04 Å². The third-order valence-corrected chi connectivity index (χ3v) is 2.63. The van der Waals surface area contributed by atoms with Gasteiger partial charge in [-0.1, -0.05) is 25.5 Å². The van der Waals surface area contributed by atoms with Gasteiger partial charge < -0.3 is 10.6 Å². The van der Waals surface area contributed by atoms with E-state index in [0.29, 0.717) is 13.0 Å². The van der Waals surface area contributed by atoms with Gasteiger partial charge in [-0.15, -0.1) is 0 Å². The molecule has 1 amide bonds. The summed E-state index contributed by atoms with van der Waals surface area (Å²) in [7, 11) is 1.71. The highest BCUT2D eigenvalue weighted by Gasteiger charge is 2.16. The first-order valence-corrected chi connectivity index (χ1v) is 5.79. The molecule has 0 aliphatic rings. The normalized spacial score (nSPS) is 12.2. The summed E-state index contributed by atoms with van der Waals surface area (Å²) in [6.45, 7) is 2.45. The fourth-order valence-electron chi connectivity index (χ4n) is 1.66. The molecule has 0 fully saturated rings. The van der Waals surface area contributed by atoms with Gasteiger partial charge in [-0.05, 0) is 24.1 Å².